The smallest absolute Gasteiger partial charge is 0.115 e. The maximum atomic E-state index is 9.15. The Hall–Kier alpha value is -1.18. The first kappa shape index (κ1) is 10.3. The van der Waals surface area contributed by atoms with E-state index in [2.05, 4.69) is 5.32 Å². The summed E-state index contributed by atoms with van der Waals surface area (Å²) in [6.07, 6.45) is 6.93. The highest BCUT2D eigenvalue weighted by Gasteiger charge is 2.12. The molecule has 0 saturated heterocycles. The molecule has 1 saturated carbocycles. The number of phenolic OH excluding ortho intramolecular Hbond substituents is 1. The van der Waals surface area contributed by atoms with Crippen LogP contribution in [0, 0.1) is 5.92 Å². The molecule has 2 rings (SSSR count). The van der Waals surface area contributed by atoms with Crippen molar-refractivity contribution in [2.75, 3.05) is 11.9 Å². The predicted octanol–water partition coefficient (Wildman–Crippen LogP) is 3.38. The Kier molecular flexibility index (Phi) is 3.49. The molecule has 1 aromatic rings. The summed E-state index contributed by atoms with van der Waals surface area (Å²) in [7, 11) is 0. The van der Waals surface area contributed by atoms with E-state index in [4.69, 9.17) is 5.11 Å². The van der Waals surface area contributed by atoms with Gasteiger partial charge in [-0.25, -0.2) is 0 Å². The highest BCUT2D eigenvalue weighted by Crippen LogP contribution is 2.24. The van der Waals surface area contributed by atoms with Crippen LogP contribution in [0.5, 0.6) is 5.75 Å². The van der Waals surface area contributed by atoms with Crippen molar-refractivity contribution in [1.29, 1.82) is 0 Å². The van der Waals surface area contributed by atoms with Crippen molar-refractivity contribution in [3.8, 4) is 5.75 Å². The molecule has 0 aliphatic heterocycles. The van der Waals surface area contributed by atoms with Crippen LogP contribution in [0.15, 0.2) is 24.3 Å². The van der Waals surface area contributed by atoms with Gasteiger partial charge in [0.15, 0.2) is 0 Å². The first-order valence-electron chi connectivity index (χ1n) is 5.87. The van der Waals surface area contributed by atoms with E-state index in [-0.39, 0.29) is 0 Å². The number of hydrogen-bond donors (Lipinski definition) is 2. The van der Waals surface area contributed by atoms with Gasteiger partial charge in [0, 0.05) is 12.2 Å². The van der Waals surface area contributed by atoms with Crippen molar-refractivity contribution in [1.82, 2.24) is 0 Å². The van der Waals surface area contributed by atoms with Crippen LogP contribution in [0.1, 0.15) is 32.1 Å². The zero-order chi connectivity index (χ0) is 10.5. The number of phenols is 1. The normalized spacial score (nSPS) is 17.6. The summed E-state index contributed by atoms with van der Waals surface area (Å²) < 4.78 is 0. The molecule has 1 fully saturated rings. The SMILES string of the molecule is Oc1ccc(NCC2CCCCC2)cc1. The van der Waals surface area contributed by atoms with Crippen molar-refractivity contribution in [2.24, 2.45) is 5.92 Å². The lowest BCUT2D eigenvalue weighted by Gasteiger charge is -2.22. The predicted molar refractivity (Wildman–Crippen MR) is 63.2 cm³/mol. The van der Waals surface area contributed by atoms with E-state index in [0.717, 1.165) is 18.2 Å². The van der Waals surface area contributed by atoms with Gasteiger partial charge in [0.25, 0.3) is 0 Å². The summed E-state index contributed by atoms with van der Waals surface area (Å²) in [5, 5.41) is 12.6. The van der Waals surface area contributed by atoms with E-state index >= 15 is 0 Å². The first-order chi connectivity index (χ1) is 7.34. The fourth-order valence-electron chi connectivity index (χ4n) is 2.23. The quantitative estimate of drug-likeness (QED) is 0.741. The van der Waals surface area contributed by atoms with E-state index < -0.39 is 0 Å². The average Bonchev–Trinajstić information content (AvgIpc) is 2.30. The minimum atomic E-state index is 0.332. The fraction of sp³-hybridized carbons (Fsp3) is 0.538. The second-order valence-corrected chi connectivity index (χ2v) is 4.43. The molecule has 1 aliphatic rings. The molecule has 0 amide bonds. The summed E-state index contributed by atoms with van der Waals surface area (Å²) in [5.41, 5.74) is 1.11. The van der Waals surface area contributed by atoms with Crippen LogP contribution < -0.4 is 5.32 Å². The molecule has 0 spiro atoms. The van der Waals surface area contributed by atoms with Gasteiger partial charge in [0.2, 0.25) is 0 Å². The monoisotopic (exact) mass is 205 g/mol. The molecule has 0 radical (unpaired) electrons. The zero-order valence-corrected chi connectivity index (χ0v) is 9.08. The van der Waals surface area contributed by atoms with Crippen LogP contribution >= 0.6 is 0 Å². The van der Waals surface area contributed by atoms with E-state index in [0.29, 0.717) is 5.75 Å². The third-order valence-corrected chi connectivity index (χ3v) is 3.19. The Bertz CT molecular complexity index is 288. The molecule has 2 heteroatoms. The van der Waals surface area contributed by atoms with Crippen LogP contribution in [0.3, 0.4) is 0 Å². The van der Waals surface area contributed by atoms with Gasteiger partial charge < -0.3 is 10.4 Å². The van der Waals surface area contributed by atoms with Crippen LogP contribution in [-0.4, -0.2) is 11.7 Å². The third kappa shape index (κ3) is 3.15. The maximum Gasteiger partial charge on any atom is 0.115 e. The topological polar surface area (TPSA) is 32.3 Å². The van der Waals surface area contributed by atoms with E-state index in [1.54, 1.807) is 12.1 Å². The van der Waals surface area contributed by atoms with Crippen LogP contribution in [0.2, 0.25) is 0 Å². The number of anilines is 1. The molecule has 15 heavy (non-hydrogen) atoms. The van der Waals surface area contributed by atoms with Crippen molar-refractivity contribution < 1.29 is 5.11 Å². The van der Waals surface area contributed by atoms with Gasteiger partial charge in [-0.3, -0.25) is 0 Å². The van der Waals surface area contributed by atoms with Gasteiger partial charge in [0.05, 0.1) is 0 Å². The molecular weight excluding hydrogens is 186 g/mol. The molecule has 0 unspecified atom stereocenters. The van der Waals surface area contributed by atoms with Crippen LogP contribution in [-0.2, 0) is 0 Å². The Balaban J connectivity index is 1.79. The second-order valence-electron chi connectivity index (χ2n) is 4.43. The molecule has 0 aromatic heterocycles. The lowest BCUT2D eigenvalue weighted by Crippen LogP contribution is -2.16. The summed E-state index contributed by atoms with van der Waals surface area (Å²) in [5.74, 6) is 1.17. The molecule has 0 heterocycles. The average molecular weight is 205 g/mol. The second kappa shape index (κ2) is 5.06. The summed E-state index contributed by atoms with van der Waals surface area (Å²) in [4.78, 5) is 0. The van der Waals surface area contributed by atoms with Crippen molar-refractivity contribution in [3.63, 3.8) is 0 Å². The van der Waals surface area contributed by atoms with Gasteiger partial charge >= 0.3 is 0 Å². The lowest BCUT2D eigenvalue weighted by atomic mass is 9.89. The molecule has 1 aliphatic carbocycles. The number of hydrogen-bond acceptors (Lipinski definition) is 2. The Morgan fingerprint density at radius 1 is 1.07 bits per heavy atom. The molecule has 2 nitrogen and oxygen atoms in total. The van der Waals surface area contributed by atoms with Gasteiger partial charge in [-0.2, -0.15) is 0 Å². The summed E-state index contributed by atoms with van der Waals surface area (Å²) in [6.45, 7) is 1.07. The van der Waals surface area contributed by atoms with Crippen LogP contribution in [0.4, 0.5) is 5.69 Å². The highest BCUT2D eigenvalue weighted by molar-refractivity contribution is 5.45. The minimum Gasteiger partial charge on any atom is -0.508 e. The Morgan fingerprint density at radius 2 is 1.73 bits per heavy atom. The van der Waals surface area contributed by atoms with Crippen LogP contribution in [0.25, 0.3) is 0 Å². The van der Waals surface area contributed by atoms with Gasteiger partial charge in [0.1, 0.15) is 5.75 Å². The standard InChI is InChI=1S/C13H19NO/c15-13-8-6-12(7-9-13)14-10-11-4-2-1-3-5-11/h6-9,11,14-15H,1-5,10H2. The maximum absolute atomic E-state index is 9.15. The van der Waals surface area contributed by atoms with Gasteiger partial charge in [-0.1, -0.05) is 19.3 Å². The molecule has 2 N–H and O–H groups in total. The summed E-state index contributed by atoms with van der Waals surface area (Å²) in [6, 6.07) is 7.31. The fourth-order valence-corrected chi connectivity index (χ4v) is 2.23. The van der Waals surface area contributed by atoms with Crippen molar-refractivity contribution >= 4 is 5.69 Å². The molecule has 82 valence electrons. The number of rotatable bonds is 3. The summed E-state index contributed by atoms with van der Waals surface area (Å²) >= 11 is 0. The molecular formula is C13H19NO. The third-order valence-electron chi connectivity index (χ3n) is 3.19. The van der Waals surface area contributed by atoms with E-state index in [1.807, 2.05) is 12.1 Å². The first-order valence-corrected chi connectivity index (χ1v) is 5.87. The number of aromatic hydroxyl groups is 1. The van der Waals surface area contributed by atoms with Gasteiger partial charge in [-0.15, -0.1) is 0 Å². The Labute approximate surface area is 91.3 Å². The number of nitrogens with one attached hydrogen (secondary N) is 1. The highest BCUT2D eigenvalue weighted by atomic mass is 16.3. The minimum absolute atomic E-state index is 0.332. The lowest BCUT2D eigenvalue weighted by molar-refractivity contribution is 0.373. The number of benzene rings is 1. The zero-order valence-electron chi connectivity index (χ0n) is 9.08. The molecule has 1 aromatic carbocycles. The van der Waals surface area contributed by atoms with Gasteiger partial charge in [-0.05, 0) is 43.0 Å². The molecule has 0 bridgehead atoms. The van der Waals surface area contributed by atoms with Crippen molar-refractivity contribution in [2.45, 2.75) is 32.1 Å². The molecule has 0 atom stereocenters. The van der Waals surface area contributed by atoms with E-state index in [1.165, 1.54) is 32.1 Å². The van der Waals surface area contributed by atoms with Crippen molar-refractivity contribution in [3.05, 3.63) is 24.3 Å². The van der Waals surface area contributed by atoms with E-state index in [9.17, 15) is 0 Å². The largest absolute Gasteiger partial charge is 0.508 e. The Morgan fingerprint density at radius 3 is 2.40 bits per heavy atom.